The van der Waals surface area contributed by atoms with Crippen molar-refractivity contribution in [2.24, 2.45) is 0 Å². The highest BCUT2D eigenvalue weighted by atomic mass is 35.5. The molecule has 0 aliphatic heterocycles. The van der Waals surface area contributed by atoms with E-state index in [-0.39, 0.29) is 10.5 Å². The van der Waals surface area contributed by atoms with Crippen molar-refractivity contribution in [1.82, 2.24) is 0 Å². The molecular weight excluding hydrogens is 194 g/mol. The normalized spacial score (nSPS) is 12.2. The molecule has 0 aliphatic rings. The lowest BCUT2D eigenvalue weighted by Gasteiger charge is -2.03. The minimum absolute atomic E-state index is 0.184. The van der Waals surface area contributed by atoms with Gasteiger partial charge in [0, 0.05) is 0 Å². The van der Waals surface area contributed by atoms with Crippen molar-refractivity contribution < 1.29 is 16.9 Å². The van der Waals surface area contributed by atoms with Crippen molar-refractivity contribution >= 4 is 42.0 Å². The van der Waals surface area contributed by atoms with Gasteiger partial charge in [0.05, 0.1) is 23.7 Å². The van der Waals surface area contributed by atoms with Gasteiger partial charge in [-0.15, -0.1) is 0 Å². The summed E-state index contributed by atoms with van der Waals surface area (Å²) in [6.07, 6.45) is 0. The molecule has 0 unspecified atom stereocenters. The van der Waals surface area contributed by atoms with Gasteiger partial charge in [0.2, 0.25) is 0 Å². The van der Waals surface area contributed by atoms with E-state index in [2.05, 4.69) is 36.1 Å². The Bertz CT molecular complexity index is 85.2. The summed E-state index contributed by atoms with van der Waals surface area (Å²) < 4.78 is 22.1. The molecule has 0 bridgehead atoms. The third kappa shape index (κ3) is 2.46. The lowest BCUT2D eigenvalue weighted by atomic mass is 15.7. The molecule has 0 radical (unpaired) electrons. The van der Waals surface area contributed by atoms with Crippen LogP contribution < -0.4 is 0 Å². The Kier molecular flexibility index (Phi) is 4.28. The van der Waals surface area contributed by atoms with E-state index in [1.54, 1.807) is 0 Å². The molecule has 0 atom stereocenters. The minimum Gasteiger partial charge on any atom is -0.340 e. The highest BCUT2D eigenvalue weighted by molar-refractivity contribution is 7.51. The molecular formula is H3Cl2O4PSi. The number of hydrogen-bond donors (Lipinski definition) is 0. The van der Waals surface area contributed by atoms with E-state index in [0.29, 0.717) is 0 Å². The Balaban J connectivity index is 3.79. The van der Waals surface area contributed by atoms with Gasteiger partial charge in [-0.05, 0) is 0 Å². The van der Waals surface area contributed by atoms with Crippen LogP contribution in [0, 0.1) is 0 Å². The summed E-state index contributed by atoms with van der Waals surface area (Å²) in [6, 6.07) is 0. The standard InChI is InChI=1S/Cl2H3O4PSi/c1-4-7(3,5-2)6-8/h8H3. The fraction of sp³-hybridized carbons (Fsp3) is 0. The molecule has 0 N–H and O–H groups in total. The monoisotopic (exact) mass is 196 g/mol. The number of halogens is 2. The Morgan fingerprint density at radius 3 is 1.75 bits per heavy atom. The minimum atomic E-state index is -3.57. The highest BCUT2D eigenvalue weighted by Gasteiger charge is 2.22. The Morgan fingerprint density at radius 1 is 1.38 bits per heavy atom. The summed E-state index contributed by atoms with van der Waals surface area (Å²) in [5.41, 5.74) is 0. The molecule has 0 fully saturated rings. The molecule has 0 spiro atoms. The van der Waals surface area contributed by atoms with E-state index in [9.17, 15) is 4.57 Å². The van der Waals surface area contributed by atoms with Gasteiger partial charge >= 0.3 is 7.82 Å². The molecule has 8 heavy (non-hydrogen) atoms. The molecule has 8 heteroatoms. The molecule has 0 aliphatic carbocycles. The Labute approximate surface area is 59.5 Å². The summed E-state index contributed by atoms with van der Waals surface area (Å²) in [5, 5.41) is 0. The molecule has 0 aromatic carbocycles. The van der Waals surface area contributed by atoms with Crippen LogP contribution in [0.25, 0.3) is 0 Å². The van der Waals surface area contributed by atoms with E-state index in [1.165, 1.54) is 0 Å². The van der Waals surface area contributed by atoms with Crippen LogP contribution >= 0.6 is 31.6 Å². The second kappa shape index (κ2) is 3.84. The van der Waals surface area contributed by atoms with Crippen LogP contribution in [-0.2, 0) is 16.9 Å². The van der Waals surface area contributed by atoms with E-state index < -0.39 is 7.82 Å². The molecule has 0 amide bonds. The fourth-order valence-electron chi connectivity index (χ4n) is 0.0670. The molecule has 0 aromatic rings. The molecule has 0 heterocycles. The zero-order valence-electron chi connectivity index (χ0n) is 3.84. The van der Waals surface area contributed by atoms with Crippen LogP contribution in [-0.4, -0.2) is 10.5 Å². The first-order valence-corrected chi connectivity index (χ1v) is 4.34. The zero-order chi connectivity index (χ0) is 6.62. The maximum atomic E-state index is 10.4. The summed E-state index contributed by atoms with van der Waals surface area (Å²) in [5.74, 6) is 0. The maximum Gasteiger partial charge on any atom is 0.497 e. The zero-order valence-corrected chi connectivity index (χ0v) is 8.24. The average Bonchev–Trinajstić information content (AvgIpc) is 1.87. The average molecular weight is 197 g/mol. The first-order chi connectivity index (χ1) is 3.68. The predicted octanol–water partition coefficient (Wildman–Crippen LogP) is 0.732. The van der Waals surface area contributed by atoms with Crippen molar-refractivity contribution in [2.75, 3.05) is 0 Å². The van der Waals surface area contributed by atoms with Crippen molar-refractivity contribution in [3.05, 3.63) is 0 Å². The maximum absolute atomic E-state index is 10.4. The fourth-order valence-corrected chi connectivity index (χ4v) is 1.81. The highest BCUT2D eigenvalue weighted by Crippen LogP contribution is 2.50. The molecule has 0 rings (SSSR count). The third-order valence-electron chi connectivity index (χ3n) is 0.393. The second-order valence-corrected chi connectivity index (χ2v) is 4.23. The van der Waals surface area contributed by atoms with Crippen LogP contribution in [0.2, 0.25) is 0 Å². The van der Waals surface area contributed by atoms with Gasteiger partial charge in [0.1, 0.15) is 0 Å². The van der Waals surface area contributed by atoms with Crippen LogP contribution in [0.1, 0.15) is 0 Å². The van der Waals surface area contributed by atoms with Crippen LogP contribution in [0.4, 0.5) is 0 Å². The van der Waals surface area contributed by atoms with Crippen molar-refractivity contribution in [2.45, 2.75) is 0 Å². The van der Waals surface area contributed by atoms with Crippen molar-refractivity contribution in [3.8, 4) is 0 Å². The van der Waals surface area contributed by atoms with Crippen molar-refractivity contribution in [3.63, 3.8) is 0 Å². The van der Waals surface area contributed by atoms with Crippen LogP contribution in [0.15, 0.2) is 0 Å². The molecule has 4 nitrogen and oxygen atoms in total. The number of rotatable bonds is 3. The second-order valence-electron chi connectivity index (χ2n) is 0.768. The smallest absolute Gasteiger partial charge is 0.340 e. The first kappa shape index (κ1) is 8.91. The first-order valence-electron chi connectivity index (χ1n) is 1.45. The lowest BCUT2D eigenvalue weighted by Crippen LogP contribution is -1.83. The Hall–Kier alpha value is 0.907. The quantitative estimate of drug-likeness (QED) is 0.494. The molecule has 0 saturated carbocycles. The van der Waals surface area contributed by atoms with Gasteiger partial charge < -0.3 is 4.21 Å². The van der Waals surface area contributed by atoms with Gasteiger partial charge in [-0.3, -0.25) is 0 Å². The third-order valence-corrected chi connectivity index (χ3v) is 3.53. The van der Waals surface area contributed by atoms with Crippen LogP contribution in [0.5, 0.6) is 0 Å². The molecule has 0 aromatic heterocycles. The van der Waals surface area contributed by atoms with Gasteiger partial charge in [0.25, 0.3) is 0 Å². The Morgan fingerprint density at radius 2 is 1.75 bits per heavy atom. The predicted molar refractivity (Wildman–Crippen MR) is 32.5 cm³/mol. The summed E-state index contributed by atoms with van der Waals surface area (Å²) in [7, 11) is -3.39. The van der Waals surface area contributed by atoms with E-state index in [1.807, 2.05) is 0 Å². The van der Waals surface area contributed by atoms with Gasteiger partial charge in [-0.2, -0.15) is 8.15 Å². The van der Waals surface area contributed by atoms with E-state index >= 15 is 0 Å². The molecule has 0 saturated heterocycles. The largest absolute Gasteiger partial charge is 0.497 e. The number of hydrogen-bond acceptors (Lipinski definition) is 4. The SMILES string of the molecule is O=P(O[SiH3])(OCl)OCl. The molecule has 50 valence electrons. The van der Waals surface area contributed by atoms with E-state index in [4.69, 9.17) is 0 Å². The van der Waals surface area contributed by atoms with Crippen LogP contribution in [0.3, 0.4) is 0 Å². The summed E-state index contributed by atoms with van der Waals surface area (Å²) in [6.45, 7) is 0. The van der Waals surface area contributed by atoms with E-state index in [0.717, 1.165) is 0 Å². The van der Waals surface area contributed by atoms with Gasteiger partial charge in [0.15, 0.2) is 10.5 Å². The van der Waals surface area contributed by atoms with Gasteiger partial charge in [-0.1, -0.05) is 0 Å². The topological polar surface area (TPSA) is 44.8 Å². The number of phosphoric acid groups is 1. The summed E-state index contributed by atoms with van der Waals surface area (Å²) in [4.78, 5) is 0. The lowest BCUT2D eigenvalue weighted by molar-refractivity contribution is 0.329. The van der Waals surface area contributed by atoms with Gasteiger partial charge in [-0.25, -0.2) is 4.57 Å². The summed E-state index contributed by atoms with van der Waals surface area (Å²) >= 11 is 9.27. The van der Waals surface area contributed by atoms with Crippen molar-refractivity contribution in [1.29, 1.82) is 0 Å².